The summed E-state index contributed by atoms with van der Waals surface area (Å²) in [6.07, 6.45) is 4.43. The Bertz CT molecular complexity index is 953. The molecule has 6 heteroatoms. The fraction of sp³-hybridized carbons (Fsp3) is 0.300. The number of para-hydroxylation sites is 1. The first-order valence-corrected chi connectivity index (χ1v) is 8.73. The number of nitrogens with zero attached hydrogens (tertiary/aromatic N) is 3. The molecule has 2 heterocycles. The Kier molecular flexibility index (Phi) is 4.34. The summed E-state index contributed by atoms with van der Waals surface area (Å²) in [5.74, 6) is 0.496. The van der Waals surface area contributed by atoms with E-state index >= 15 is 0 Å². The molecule has 0 saturated heterocycles. The third-order valence-electron chi connectivity index (χ3n) is 4.89. The molecule has 3 aromatic rings. The van der Waals surface area contributed by atoms with E-state index < -0.39 is 0 Å². The number of aromatic nitrogens is 3. The van der Waals surface area contributed by atoms with Crippen molar-refractivity contribution in [2.75, 3.05) is 0 Å². The molecular weight excluding hydrogens is 328 g/mol. The zero-order chi connectivity index (χ0) is 18.1. The number of amides is 1. The van der Waals surface area contributed by atoms with Crippen LogP contribution in [0.4, 0.5) is 0 Å². The predicted octanol–water partition coefficient (Wildman–Crippen LogP) is 2.58. The van der Waals surface area contributed by atoms with Crippen molar-refractivity contribution in [1.29, 1.82) is 0 Å². The highest BCUT2D eigenvalue weighted by Crippen LogP contribution is 2.38. The standard InChI is InChI=1S/C20H20N4O2/c1-12-21-7-6-18(23-12)20(26)24-19(14-9-16(25)10-14)15-8-13-4-2-3-5-17(13)22-11-15/h2-8,11,14,16,19,25H,9-10H2,1H3,(H,24,26)/t14?,16?,19-/m0/s1. The number of pyridine rings is 1. The van der Waals surface area contributed by atoms with E-state index in [1.165, 1.54) is 0 Å². The first kappa shape index (κ1) is 16.6. The molecule has 0 aliphatic heterocycles. The highest BCUT2D eigenvalue weighted by atomic mass is 16.3. The Labute approximate surface area is 151 Å². The number of hydrogen-bond acceptors (Lipinski definition) is 5. The topological polar surface area (TPSA) is 88.0 Å². The van der Waals surface area contributed by atoms with Crippen molar-refractivity contribution in [3.63, 3.8) is 0 Å². The molecule has 1 aliphatic carbocycles. The van der Waals surface area contributed by atoms with Crippen LogP contribution in [0.5, 0.6) is 0 Å². The van der Waals surface area contributed by atoms with Crippen LogP contribution in [0.3, 0.4) is 0 Å². The van der Waals surface area contributed by atoms with Gasteiger partial charge in [0.05, 0.1) is 17.7 Å². The van der Waals surface area contributed by atoms with Crippen LogP contribution in [0.25, 0.3) is 10.9 Å². The van der Waals surface area contributed by atoms with E-state index in [0.29, 0.717) is 24.4 Å². The number of aryl methyl sites for hydroxylation is 1. The summed E-state index contributed by atoms with van der Waals surface area (Å²) in [4.78, 5) is 25.4. The van der Waals surface area contributed by atoms with E-state index in [2.05, 4.69) is 26.3 Å². The summed E-state index contributed by atoms with van der Waals surface area (Å²) in [5.41, 5.74) is 2.21. The van der Waals surface area contributed by atoms with Crippen LogP contribution >= 0.6 is 0 Å². The number of aliphatic hydroxyl groups excluding tert-OH is 1. The van der Waals surface area contributed by atoms with Crippen molar-refractivity contribution in [3.8, 4) is 0 Å². The van der Waals surface area contributed by atoms with Gasteiger partial charge >= 0.3 is 0 Å². The fourth-order valence-electron chi connectivity index (χ4n) is 3.43. The molecule has 1 saturated carbocycles. The molecule has 0 radical (unpaired) electrons. The van der Waals surface area contributed by atoms with Gasteiger partial charge < -0.3 is 10.4 Å². The van der Waals surface area contributed by atoms with Crippen LogP contribution in [0.15, 0.2) is 48.8 Å². The molecule has 2 N–H and O–H groups in total. The van der Waals surface area contributed by atoms with Gasteiger partial charge in [-0.2, -0.15) is 0 Å². The van der Waals surface area contributed by atoms with Gasteiger partial charge in [0.15, 0.2) is 0 Å². The molecular formula is C20H20N4O2. The van der Waals surface area contributed by atoms with E-state index in [1.54, 1.807) is 19.2 Å². The number of carbonyl (C=O) groups excluding carboxylic acids is 1. The predicted molar refractivity (Wildman–Crippen MR) is 97.5 cm³/mol. The highest BCUT2D eigenvalue weighted by Gasteiger charge is 2.36. The summed E-state index contributed by atoms with van der Waals surface area (Å²) in [5, 5.41) is 13.8. The van der Waals surface area contributed by atoms with Crippen LogP contribution < -0.4 is 5.32 Å². The molecule has 0 bridgehead atoms. The molecule has 2 aromatic heterocycles. The second-order valence-corrected chi connectivity index (χ2v) is 6.79. The Hall–Kier alpha value is -2.86. The van der Waals surface area contributed by atoms with Gasteiger partial charge in [-0.15, -0.1) is 0 Å². The third-order valence-corrected chi connectivity index (χ3v) is 4.89. The van der Waals surface area contributed by atoms with Crippen molar-refractivity contribution in [1.82, 2.24) is 20.3 Å². The molecule has 1 aromatic carbocycles. The number of hydrogen-bond donors (Lipinski definition) is 2. The van der Waals surface area contributed by atoms with Gasteiger partial charge in [0.1, 0.15) is 11.5 Å². The quantitative estimate of drug-likeness (QED) is 0.756. The molecule has 1 amide bonds. The summed E-state index contributed by atoms with van der Waals surface area (Å²) < 4.78 is 0. The number of fused-ring (bicyclic) bond motifs is 1. The first-order valence-electron chi connectivity index (χ1n) is 8.73. The van der Waals surface area contributed by atoms with E-state index in [-0.39, 0.29) is 24.0 Å². The number of nitrogens with one attached hydrogen (secondary N) is 1. The summed E-state index contributed by atoms with van der Waals surface area (Å²) >= 11 is 0. The van der Waals surface area contributed by atoms with Crippen LogP contribution in [-0.2, 0) is 0 Å². The van der Waals surface area contributed by atoms with Crippen molar-refractivity contribution in [2.45, 2.75) is 31.9 Å². The van der Waals surface area contributed by atoms with Crippen molar-refractivity contribution < 1.29 is 9.90 Å². The minimum atomic E-state index is -0.297. The summed E-state index contributed by atoms with van der Waals surface area (Å²) in [6.45, 7) is 1.75. The van der Waals surface area contributed by atoms with E-state index in [9.17, 15) is 9.90 Å². The first-order chi connectivity index (χ1) is 12.6. The maximum Gasteiger partial charge on any atom is 0.270 e. The van der Waals surface area contributed by atoms with Crippen molar-refractivity contribution in [3.05, 3.63) is 65.9 Å². The smallest absolute Gasteiger partial charge is 0.270 e. The lowest BCUT2D eigenvalue weighted by Crippen LogP contribution is -2.41. The molecule has 0 unspecified atom stereocenters. The average Bonchev–Trinajstić information content (AvgIpc) is 2.63. The van der Waals surface area contributed by atoms with E-state index in [1.807, 2.05) is 30.5 Å². The second kappa shape index (κ2) is 6.80. The fourth-order valence-corrected chi connectivity index (χ4v) is 3.43. The van der Waals surface area contributed by atoms with Gasteiger partial charge in [0, 0.05) is 17.8 Å². The Morgan fingerprint density at radius 1 is 1.23 bits per heavy atom. The molecule has 6 nitrogen and oxygen atoms in total. The Balaban J connectivity index is 1.64. The molecule has 0 spiro atoms. The maximum absolute atomic E-state index is 12.7. The number of carbonyl (C=O) groups is 1. The normalized spacial score (nSPS) is 20.4. The van der Waals surface area contributed by atoms with Gasteiger partial charge in [0.2, 0.25) is 0 Å². The van der Waals surface area contributed by atoms with Gasteiger partial charge in [-0.3, -0.25) is 9.78 Å². The van der Waals surface area contributed by atoms with Crippen molar-refractivity contribution >= 4 is 16.8 Å². The average molecular weight is 348 g/mol. The SMILES string of the molecule is Cc1nccc(C(=O)N[C@H](c2cnc3ccccc3c2)C2CC(O)C2)n1. The second-order valence-electron chi connectivity index (χ2n) is 6.79. The molecule has 1 fully saturated rings. The Morgan fingerprint density at radius 2 is 2.04 bits per heavy atom. The van der Waals surface area contributed by atoms with E-state index in [0.717, 1.165) is 16.5 Å². The lowest BCUT2D eigenvalue weighted by Gasteiger charge is -2.38. The monoisotopic (exact) mass is 348 g/mol. The minimum Gasteiger partial charge on any atom is -0.393 e. The number of rotatable bonds is 4. The van der Waals surface area contributed by atoms with Gasteiger partial charge in [-0.05, 0) is 49.4 Å². The lowest BCUT2D eigenvalue weighted by molar-refractivity contribution is 0.0234. The Morgan fingerprint density at radius 3 is 2.81 bits per heavy atom. The third kappa shape index (κ3) is 3.28. The van der Waals surface area contributed by atoms with Crippen LogP contribution in [0.2, 0.25) is 0 Å². The van der Waals surface area contributed by atoms with Gasteiger partial charge in [-0.25, -0.2) is 9.97 Å². The van der Waals surface area contributed by atoms with Gasteiger partial charge in [0.25, 0.3) is 5.91 Å². The van der Waals surface area contributed by atoms with Gasteiger partial charge in [-0.1, -0.05) is 18.2 Å². The lowest BCUT2D eigenvalue weighted by atomic mass is 9.75. The molecule has 1 atom stereocenters. The summed E-state index contributed by atoms with van der Waals surface area (Å²) in [6, 6.07) is 11.3. The number of benzene rings is 1. The minimum absolute atomic E-state index is 0.180. The number of aliphatic hydroxyl groups is 1. The maximum atomic E-state index is 12.7. The van der Waals surface area contributed by atoms with Crippen LogP contribution in [0.1, 0.15) is 40.8 Å². The zero-order valence-corrected chi connectivity index (χ0v) is 14.5. The molecule has 132 valence electrons. The molecule has 1 aliphatic rings. The van der Waals surface area contributed by atoms with Crippen molar-refractivity contribution in [2.24, 2.45) is 5.92 Å². The van der Waals surface area contributed by atoms with Crippen LogP contribution in [-0.4, -0.2) is 32.1 Å². The summed E-state index contributed by atoms with van der Waals surface area (Å²) in [7, 11) is 0. The largest absolute Gasteiger partial charge is 0.393 e. The zero-order valence-electron chi connectivity index (χ0n) is 14.5. The van der Waals surface area contributed by atoms with Crippen LogP contribution in [0, 0.1) is 12.8 Å². The molecule has 26 heavy (non-hydrogen) atoms. The van der Waals surface area contributed by atoms with E-state index in [4.69, 9.17) is 0 Å². The molecule has 4 rings (SSSR count). The highest BCUT2D eigenvalue weighted by molar-refractivity contribution is 5.92.